The van der Waals surface area contributed by atoms with Gasteiger partial charge in [0.05, 0.1) is 30.5 Å². The van der Waals surface area contributed by atoms with E-state index in [2.05, 4.69) is 16.9 Å². The normalized spacial score (nSPS) is 16.7. The Balaban J connectivity index is 1.78. The minimum Gasteiger partial charge on any atom is -0.507 e. The summed E-state index contributed by atoms with van der Waals surface area (Å²) < 4.78 is 10.8. The molecule has 1 aliphatic rings. The van der Waals surface area contributed by atoms with Crippen LogP contribution in [-0.4, -0.2) is 45.9 Å². The van der Waals surface area contributed by atoms with Crippen LogP contribution < -0.4 is 9.64 Å². The van der Waals surface area contributed by atoms with Crippen molar-refractivity contribution in [2.75, 3.05) is 18.1 Å². The molecule has 1 saturated heterocycles. The molecule has 3 aromatic rings. The van der Waals surface area contributed by atoms with Crippen molar-refractivity contribution in [2.45, 2.75) is 39.7 Å². The van der Waals surface area contributed by atoms with Crippen molar-refractivity contribution in [3.8, 4) is 5.75 Å². The van der Waals surface area contributed by atoms with Crippen molar-refractivity contribution in [1.29, 1.82) is 0 Å². The highest BCUT2D eigenvalue weighted by Crippen LogP contribution is 2.43. The molecule has 37 heavy (non-hydrogen) atoms. The Kier molecular flexibility index (Phi) is 7.98. The fraction of sp³-hybridized carbons (Fsp3) is 0.296. The second kappa shape index (κ2) is 11.3. The van der Waals surface area contributed by atoms with E-state index in [9.17, 15) is 19.5 Å². The number of pyridine rings is 1. The van der Waals surface area contributed by atoms with Crippen molar-refractivity contribution >= 4 is 39.9 Å². The van der Waals surface area contributed by atoms with E-state index < -0.39 is 23.7 Å². The molecule has 0 aliphatic carbocycles. The number of nitrogens with zero attached hydrogens (tertiary/aromatic N) is 3. The van der Waals surface area contributed by atoms with Crippen molar-refractivity contribution in [1.82, 2.24) is 9.97 Å². The maximum atomic E-state index is 13.3. The van der Waals surface area contributed by atoms with Gasteiger partial charge in [-0.2, -0.15) is 0 Å². The number of carbonyl (C=O) groups is 3. The number of carbonyl (C=O) groups excluding carboxylic acids is 3. The molecule has 1 aromatic carbocycles. The quantitative estimate of drug-likeness (QED) is 0.140. The lowest BCUT2D eigenvalue weighted by Crippen LogP contribution is -2.29. The number of thiazole rings is 1. The molecule has 1 fully saturated rings. The Hall–Kier alpha value is -4.05. The fourth-order valence-electron chi connectivity index (χ4n) is 3.95. The minimum atomic E-state index is -0.991. The number of aliphatic hydroxyl groups excluding tert-OH is 1. The Bertz CT molecular complexity index is 1330. The van der Waals surface area contributed by atoms with E-state index in [1.807, 2.05) is 0 Å². The summed E-state index contributed by atoms with van der Waals surface area (Å²) in [7, 11) is 0. The van der Waals surface area contributed by atoms with Crippen molar-refractivity contribution < 1.29 is 29.0 Å². The molecule has 3 heterocycles. The maximum Gasteiger partial charge on any atom is 0.350 e. The third kappa shape index (κ3) is 5.24. The first-order chi connectivity index (χ1) is 17.9. The van der Waals surface area contributed by atoms with Gasteiger partial charge in [0, 0.05) is 18.0 Å². The first-order valence-corrected chi connectivity index (χ1v) is 12.8. The summed E-state index contributed by atoms with van der Waals surface area (Å²) in [4.78, 5) is 48.9. The smallest absolute Gasteiger partial charge is 0.350 e. The molecule has 0 saturated carbocycles. The maximum absolute atomic E-state index is 13.3. The standard InChI is InChI=1S/C27H27N3O6S/c1-4-6-14-36-19-11-9-17(10-12-19)22(31)20-21(18-8-7-13-28-15-18)30(25(33)23(20)32)27-29-16(3)24(37-27)26(34)35-5-2/h7-13,15,21,31H,4-6,14H2,1-3H3/t21-/m1/s1. The fourth-order valence-corrected chi connectivity index (χ4v) is 4.94. The number of benzene rings is 1. The molecule has 0 spiro atoms. The van der Waals surface area contributed by atoms with Gasteiger partial charge in [0.25, 0.3) is 5.78 Å². The highest BCUT2D eigenvalue weighted by Gasteiger charge is 2.48. The minimum absolute atomic E-state index is 0.0943. The number of rotatable bonds is 9. The number of amides is 1. The molecule has 192 valence electrons. The average Bonchev–Trinajstić information content (AvgIpc) is 3.41. The van der Waals surface area contributed by atoms with Gasteiger partial charge in [-0.05, 0) is 56.2 Å². The third-order valence-corrected chi connectivity index (χ3v) is 6.93. The number of aryl methyl sites for hydroxylation is 1. The summed E-state index contributed by atoms with van der Waals surface area (Å²) in [6, 6.07) is 9.07. The van der Waals surface area contributed by atoms with Crippen LogP contribution in [0.15, 0.2) is 54.4 Å². The van der Waals surface area contributed by atoms with E-state index >= 15 is 0 Å². The van der Waals surface area contributed by atoms with Gasteiger partial charge in [-0.15, -0.1) is 0 Å². The Labute approximate surface area is 218 Å². The molecule has 10 heteroatoms. The third-order valence-electron chi connectivity index (χ3n) is 5.79. The predicted molar refractivity (Wildman–Crippen MR) is 139 cm³/mol. The highest BCUT2D eigenvalue weighted by atomic mass is 32.1. The summed E-state index contributed by atoms with van der Waals surface area (Å²) >= 11 is 0.956. The summed E-state index contributed by atoms with van der Waals surface area (Å²) in [6.45, 7) is 6.17. The number of esters is 1. The lowest BCUT2D eigenvalue weighted by atomic mass is 9.96. The first kappa shape index (κ1) is 26.0. The lowest BCUT2D eigenvalue weighted by molar-refractivity contribution is -0.132. The van der Waals surface area contributed by atoms with Gasteiger partial charge < -0.3 is 14.6 Å². The van der Waals surface area contributed by atoms with Gasteiger partial charge in [-0.1, -0.05) is 30.7 Å². The van der Waals surface area contributed by atoms with E-state index in [-0.39, 0.29) is 27.9 Å². The van der Waals surface area contributed by atoms with Gasteiger partial charge in [0.1, 0.15) is 16.4 Å². The second-order valence-electron chi connectivity index (χ2n) is 8.31. The molecule has 4 rings (SSSR count). The molecule has 0 radical (unpaired) electrons. The number of aliphatic hydroxyl groups is 1. The number of unbranched alkanes of at least 4 members (excludes halogenated alkanes) is 1. The van der Waals surface area contributed by atoms with E-state index in [0.717, 1.165) is 24.2 Å². The van der Waals surface area contributed by atoms with Gasteiger partial charge in [-0.25, -0.2) is 9.78 Å². The van der Waals surface area contributed by atoms with E-state index in [1.54, 1.807) is 56.4 Å². The SMILES string of the molecule is CCCCOc1ccc(C(O)=C2C(=O)C(=O)N(c3nc(C)c(C(=O)OCC)s3)[C@@H]2c2cccnc2)cc1. The molecule has 1 atom stereocenters. The molecule has 9 nitrogen and oxygen atoms in total. The molecule has 0 bridgehead atoms. The van der Waals surface area contributed by atoms with Crippen molar-refractivity contribution in [3.63, 3.8) is 0 Å². The topological polar surface area (TPSA) is 119 Å². The van der Waals surface area contributed by atoms with Gasteiger partial charge >= 0.3 is 11.9 Å². The van der Waals surface area contributed by atoms with Crippen LogP contribution in [0.4, 0.5) is 5.13 Å². The van der Waals surface area contributed by atoms with Crippen LogP contribution in [0.1, 0.15) is 59.2 Å². The number of ether oxygens (including phenoxy) is 2. The molecule has 1 aliphatic heterocycles. The Morgan fingerprint density at radius 1 is 1.16 bits per heavy atom. The number of Topliss-reactive ketones (excluding diaryl/α,β-unsaturated/α-hetero) is 1. The molecule has 1 amide bonds. The number of hydrogen-bond acceptors (Lipinski definition) is 9. The summed E-state index contributed by atoms with van der Waals surface area (Å²) in [5, 5.41) is 11.4. The monoisotopic (exact) mass is 521 g/mol. The van der Waals surface area contributed by atoms with Crippen LogP contribution in [0, 0.1) is 6.92 Å². The molecule has 2 aromatic heterocycles. The van der Waals surface area contributed by atoms with Crippen LogP contribution in [0.25, 0.3) is 5.76 Å². The van der Waals surface area contributed by atoms with Gasteiger partial charge in [0.15, 0.2) is 5.13 Å². The van der Waals surface area contributed by atoms with Crippen LogP contribution in [0.2, 0.25) is 0 Å². The lowest BCUT2D eigenvalue weighted by Gasteiger charge is -2.22. The van der Waals surface area contributed by atoms with Gasteiger partial charge in [0.2, 0.25) is 0 Å². The number of anilines is 1. The Morgan fingerprint density at radius 2 is 1.92 bits per heavy atom. The van der Waals surface area contributed by atoms with Crippen LogP contribution >= 0.6 is 11.3 Å². The second-order valence-corrected chi connectivity index (χ2v) is 9.29. The zero-order valence-electron chi connectivity index (χ0n) is 20.8. The van der Waals surface area contributed by atoms with Crippen molar-refractivity contribution in [2.24, 2.45) is 0 Å². The molecule has 0 unspecified atom stereocenters. The highest BCUT2D eigenvalue weighted by molar-refractivity contribution is 7.17. The zero-order valence-corrected chi connectivity index (χ0v) is 21.6. The largest absolute Gasteiger partial charge is 0.507 e. The molecular formula is C27H27N3O6S. The summed E-state index contributed by atoms with van der Waals surface area (Å²) in [5.74, 6) is -1.97. The molecular weight excluding hydrogens is 494 g/mol. The van der Waals surface area contributed by atoms with Crippen LogP contribution in [-0.2, 0) is 14.3 Å². The number of hydrogen-bond donors (Lipinski definition) is 1. The Morgan fingerprint density at radius 3 is 2.57 bits per heavy atom. The summed E-state index contributed by atoms with van der Waals surface area (Å²) in [6.07, 6.45) is 5.02. The van der Waals surface area contributed by atoms with E-state index in [0.29, 0.717) is 29.2 Å². The van der Waals surface area contributed by atoms with Crippen LogP contribution in [0.3, 0.4) is 0 Å². The average molecular weight is 522 g/mol. The van der Waals surface area contributed by atoms with Gasteiger partial charge in [-0.3, -0.25) is 19.5 Å². The van der Waals surface area contributed by atoms with Crippen molar-refractivity contribution in [3.05, 3.63) is 76.1 Å². The summed E-state index contributed by atoms with van der Waals surface area (Å²) in [5.41, 5.74) is 1.15. The van der Waals surface area contributed by atoms with Crippen LogP contribution in [0.5, 0.6) is 5.75 Å². The predicted octanol–water partition coefficient (Wildman–Crippen LogP) is 4.83. The van der Waals surface area contributed by atoms with E-state index in [4.69, 9.17) is 9.47 Å². The van der Waals surface area contributed by atoms with E-state index in [1.165, 1.54) is 11.1 Å². The zero-order chi connectivity index (χ0) is 26.5. The first-order valence-electron chi connectivity index (χ1n) is 12.0. The number of ketones is 1. The molecule has 1 N–H and O–H groups in total. The number of aromatic nitrogens is 2.